The van der Waals surface area contributed by atoms with Crippen LogP contribution >= 0.6 is 0 Å². The molecular formula is C37H55FN6O4. The van der Waals surface area contributed by atoms with Gasteiger partial charge in [0.2, 0.25) is 5.91 Å². The van der Waals surface area contributed by atoms with E-state index in [4.69, 9.17) is 10.6 Å². The Morgan fingerprint density at radius 3 is 2.50 bits per heavy atom. The number of nitrogens with two attached hydrogens (primary N) is 1. The first-order valence-electron chi connectivity index (χ1n) is 17.3. The topological polar surface area (TPSA) is 123 Å². The van der Waals surface area contributed by atoms with E-state index < -0.39 is 30.0 Å². The van der Waals surface area contributed by atoms with Crippen molar-refractivity contribution in [3.63, 3.8) is 0 Å². The maximum absolute atomic E-state index is 16.5. The lowest BCUT2D eigenvalue weighted by atomic mass is 9.45. The Balaban J connectivity index is 1.41. The molecule has 3 saturated carbocycles. The Morgan fingerprint density at radius 2 is 1.90 bits per heavy atom. The number of rotatable bonds is 12. The lowest BCUT2D eigenvalue weighted by Crippen LogP contribution is -2.62. The van der Waals surface area contributed by atoms with Crippen LogP contribution in [-0.2, 0) is 16.2 Å². The molecule has 1 aliphatic heterocycles. The summed E-state index contributed by atoms with van der Waals surface area (Å²) in [5.74, 6) is -0.0755. The number of hydrogen-bond acceptors (Lipinski definition) is 8. The second-order valence-electron chi connectivity index (χ2n) is 15.3. The van der Waals surface area contributed by atoms with Crippen molar-refractivity contribution in [3.8, 4) is 11.1 Å². The van der Waals surface area contributed by atoms with Gasteiger partial charge in [-0.2, -0.15) is 5.06 Å². The maximum atomic E-state index is 16.5. The summed E-state index contributed by atoms with van der Waals surface area (Å²) in [5.41, 5.74) is 8.78. The van der Waals surface area contributed by atoms with E-state index in [1.807, 2.05) is 44.1 Å². The first-order valence-corrected chi connectivity index (χ1v) is 17.3. The summed E-state index contributed by atoms with van der Waals surface area (Å²) in [7, 11) is 7.63. The van der Waals surface area contributed by atoms with E-state index in [2.05, 4.69) is 31.4 Å². The van der Waals surface area contributed by atoms with Gasteiger partial charge in [-0.15, -0.1) is 0 Å². The minimum Gasteiger partial charge on any atom is -0.393 e. The highest BCUT2D eigenvalue weighted by Crippen LogP contribution is 2.61. The molecule has 11 heteroatoms. The van der Waals surface area contributed by atoms with E-state index in [0.29, 0.717) is 53.1 Å². The van der Waals surface area contributed by atoms with Gasteiger partial charge < -0.3 is 31.3 Å². The van der Waals surface area contributed by atoms with Gasteiger partial charge in [0, 0.05) is 68.1 Å². The maximum Gasteiger partial charge on any atom is 0.251 e. The van der Waals surface area contributed by atoms with Gasteiger partial charge in [-0.3, -0.25) is 14.4 Å². The van der Waals surface area contributed by atoms with Crippen molar-refractivity contribution in [1.29, 1.82) is 0 Å². The summed E-state index contributed by atoms with van der Waals surface area (Å²) >= 11 is 0. The van der Waals surface area contributed by atoms with Crippen LogP contribution in [0.25, 0.3) is 11.1 Å². The number of aliphatic hydroxyl groups is 1. The molecule has 5 N–H and O–H groups in total. The standard InChI is InChI=1S/C37H55FN6O4/c1-21-29-17-26(37(29,3)4)18-30(21)41-36(47)34-32(22(2)45)31(19-39)48-44(34)20-23-10-9-11-28(33(23)38)24-14-25(16-27(15-24)43(7)8)35(46)40-12-13-42(5)6/h9-11,14-16,21-22,26,29-32,34,45H,12-13,17-20,39H2,1-8H3,(H,40,46)(H,41,47)/t21-,22-,26+,29+,30-,31-,32+,34-/m0/s1. The quantitative estimate of drug-likeness (QED) is 0.272. The number of nitrogens with zero attached hydrogens (tertiary/aromatic N) is 3. The minimum absolute atomic E-state index is 0.0266. The largest absolute Gasteiger partial charge is 0.393 e. The second-order valence-corrected chi connectivity index (χ2v) is 15.3. The van der Waals surface area contributed by atoms with Crippen LogP contribution in [0.2, 0.25) is 0 Å². The van der Waals surface area contributed by atoms with Crippen LogP contribution in [-0.4, -0.2) is 99.0 Å². The highest BCUT2D eigenvalue weighted by atomic mass is 19.1. The molecular weight excluding hydrogens is 611 g/mol. The molecule has 0 unspecified atom stereocenters. The van der Waals surface area contributed by atoms with Crippen molar-refractivity contribution in [2.24, 2.45) is 34.8 Å². The van der Waals surface area contributed by atoms with Gasteiger partial charge >= 0.3 is 0 Å². The summed E-state index contributed by atoms with van der Waals surface area (Å²) < 4.78 is 16.5. The number of nitrogens with one attached hydrogen (secondary N) is 2. The molecule has 10 nitrogen and oxygen atoms in total. The molecule has 2 aromatic carbocycles. The molecule has 0 aromatic heterocycles. The minimum atomic E-state index is -0.873. The molecule has 4 aliphatic rings. The molecule has 48 heavy (non-hydrogen) atoms. The van der Waals surface area contributed by atoms with E-state index in [0.717, 1.165) is 12.1 Å². The molecule has 0 spiro atoms. The number of hydroxylamine groups is 2. The molecule has 2 amide bonds. The number of aliphatic hydroxyl groups excluding tert-OH is 1. The van der Waals surface area contributed by atoms with Crippen LogP contribution < -0.4 is 21.3 Å². The van der Waals surface area contributed by atoms with Gasteiger partial charge in [-0.1, -0.05) is 39.0 Å². The monoisotopic (exact) mass is 666 g/mol. The third-order valence-corrected chi connectivity index (χ3v) is 11.4. The Morgan fingerprint density at radius 1 is 1.17 bits per heavy atom. The third-order valence-electron chi connectivity index (χ3n) is 11.4. The van der Waals surface area contributed by atoms with Gasteiger partial charge in [0.05, 0.1) is 18.8 Å². The fraction of sp³-hybridized carbons (Fsp3) is 0.622. The van der Waals surface area contributed by atoms with Gasteiger partial charge in [-0.25, -0.2) is 4.39 Å². The molecule has 2 aromatic rings. The van der Waals surface area contributed by atoms with E-state index in [1.54, 1.807) is 37.3 Å². The average Bonchev–Trinajstić information content (AvgIpc) is 3.41. The number of amides is 2. The van der Waals surface area contributed by atoms with Gasteiger partial charge in [-0.05, 0) is 80.8 Å². The van der Waals surface area contributed by atoms with E-state index in [-0.39, 0.29) is 36.4 Å². The van der Waals surface area contributed by atoms with Crippen LogP contribution in [0.5, 0.6) is 0 Å². The molecule has 4 fully saturated rings. The molecule has 1 saturated heterocycles. The molecule has 264 valence electrons. The van der Waals surface area contributed by atoms with Crippen molar-refractivity contribution in [3.05, 3.63) is 53.3 Å². The lowest BCUT2D eigenvalue weighted by Gasteiger charge is -2.62. The van der Waals surface area contributed by atoms with Gasteiger partial charge in [0.25, 0.3) is 5.91 Å². The Kier molecular flexibility index (Phi) is 10.9. The zero-order valence-corrected chi connectivity index (χ0v) is 29.8. The molecule has 1 heterocycles. The molecule has 8 atom stereocenters. The highest BCUT2D eigenvalue weighted by molar-refractivity contribution is 5.97. The van der Waals surface area contributed by atoms with Crippen molar-refractivity contribution in [2.75, 3.05) is 52.7 Å². The van der Waals surface area contributed by atoms with E-state index >= 15 is 4.39 Å². The number of anilines is 1. The van der Waals surface area contributed by atoms with Crippen molar-refractivity contribution in [2.45, 2.75) is 71.4 Å². The molecule has 3 aliphatic carbocycles. The lowest BCUT2D eigenvalue weighted by molar-refractivity contribution is -0.176. The first kappa shape index (κ1) is 36.2. The van der Waals surface area contributed by atoms with Crippen LogP contribution in [0.15, 0.2) is 36.4 Å². The summed E-state index contributed by atoms with van der Waals surface area (Å²) in [4.78, 5) is 37.3. The molecule has 6 rings (SSSR count). The predicted molar refractivity (Wildman–Crippen MR) is 187 cm³/mol. The van der Waals surface area contributed by atoms with Gasteiger partial charge in [0.1, 0.15) is 11.9 Å². The second kappa shape index (κ2) is 14.4. The SMILES string of the molecule is C[C@@H]1[C@@H](NC(=O)[C@@H]2[C@H]([C@H](C)O)[C@H](CN)ON2Cc2cccc(-c3cc(C(=O)NCCN(C)C)cc(N(C)C)c3)c2F)C[C@H]2C[C@H]1C2(C)C. The summed E-state index contributed by atoms with van der Waals surface area (Å²) in [6.45, 7) is 9.77. The predicted octanol–water partition coefficient (Wildman–Crippen LogP) is 3.48. The van der Waals surface area contributed by atoms with Crippen molar-refractivity contribution in [1.82, 2.24) is 20.6 Å². The third kappa shape index (κ3) is 7.12. The van der Waals surface area contributed by atoms with Crippen molar-refractivity contribution < 1.29 is 23.9 Å². The highest BCUT2D eigenvalue weighted by Gasteiger charge is 2.57. The number of benzene rings is 2. The van der Waals surface area contributed by atoms with Crippen LogP contribution in [0.3, 0.4) is 0 Å². The summed E-state index contributed by atoms with van der Waals surface area (Å²) in [6, 6.07) is 9.65. The van der Waals surface area contributed by atoms with Gasteiger partial charge in [0.15, 0.2) is 0 Å². The molecule has 0 radical (unpaired) electrons. The number of likely N-dealkylation sites (N-methyl/N-ethyl adjacent to an activating group) is 1. The Hall–Kier alpha value is -3.09. The van der Waals surface area contributed by atoms with E-state index in [1.165, 1.54) is 11.5 Å². The normalized spacial score (nSPS) is 28.5. The first-order chi connectivity index (χ1) is 22.6. The van der Waals surface area contributed by atoms with Crippen molar-refractivity contribution >= 4 is 17.5 Å². The van der Waals surface area contributed by atoms with Crippen LogP contribution in [0.4, 0.5) is 10.1 Å². The smallest absolute Gasteiger partial charge is 0.251 e. The summed E-state index contributed by atoms with van der Waals surface area (Å²) in [5, 5.41) is 18.6. The fourth-order valence-electron chi connectivity index (χ4n) is 8.27. The van der Waals surface area contributed by atoms with Crippen LogP contribution in [0.1, 0.15) is 56.5 Å². The average molecular weight is 667 g/mol. The number of fused-ring (bicyclic) bond motifs is 2. The zero-order valence-electron chi connectivity index (χ0n) is 29.8. The number of hydrogen-bond donors (Lipinski definition) is 4. The van der Waals surface area contributed by atoms with Crippen LogP contribution in [0, 0.1) is 34.9 Å². The number of carbonyl (C=O) groups is 2. The summed E-state index contributed by atoms with van der Waals surface area (Å²) in [6.07, 6.45) is 0.638. The molecule has 2 bridgehead atoms. The Bertz CT molecular complexity index is 1480. The van der Waals surface area contributed by atoms with E-state index in [9.17, 15) is 14.7 Å². The number of halogens is 1. The zero-order chi connectivity index (χ0) is 35.1. The fourth-order valence-corrected chi connectivity index (χ4v) is 8.27. The number of carbonyl (C=O) groups excluding carboxylic acids is 2. The Labute approximate surface area is 285 Å².